The van der Waals surface area contributed by atoms with Gasteiger partial charge in [0.25, 0.3) is 0 Å². The SMILES string of the molecule is CN(Cc1cc(Br)cs1)c1ccc(CCl)c(Br)c1. The summed E-state index contributed by atoms with van der Waals surface area (Å²) >= 11 is 14.6. The highest BCUT2D eigenvalue weighted by molar-refractivity contribution is 9.10. The Morgan fingerprint density at radius 2 is 2.06 bits per heavy atom. The van der Waals surface area contributed by atoms with Crippen molar-refractivity contribution in [3.8, 4) is 0 Å². The lowest BCUT2D eigenvalue weighted by molar-refractivity contribution is 0.938. The van der Waals surface area contributed by atoms with E-state index in [2.05, 4.69) is 73.5 Å². The van der Waals surface area contributed by atoms with Gasteiger partial charge in [-0.05, 0) is 39.7 Å². The summed E-state index contributed by atoms with van der Waals surface area (Å²) in [6.45, 7) is 0.906. The van der Waals surface area contributed by atoms with Crippen LogP contribution in [0.4, 0.5) is 5.69 Å². The van der Waals surface area contributed by atoms with Gasteiger partial charge in [-0.15, -0.1) is 22.9 Å². The molecule has 2 aromatic rings. The Labute approximate surface area is 133 Å². The Morgan fingerprint density at radius 1 is 1.28 bits per heavy atom. The molecule has 18 heavy (non-hydrogen) atoms. The number of nitrogens with zero attached hydrogens (tertiary/aromatic N) is 1. The number of hydrogen-bond donors (Lipinski definition) is 0. The van der Waals surface area contributed by atoms with E-state index in [0.717, 1.165) is 21.1 Å². The van der Waals surface area contributed by atoms with Gasteiger partial charge < -0.3 is 4.90 Å². The number of thiophene rings is 1. The highest BCUT2D eigenvalue weighted by Gasteiger charge is 2.06. The molecule has 0 fully saturated rings. The van der Waals surface area contributed by atoms with Crippen LogP contribution in [0.15, 0.2) is 38.6 Å². The van der Waals surface area contributed by atoms with Crippen molar-refractivity contribution in [3.05, 3.63) is 49.0 Å². The van der Waals surface area contributed by atoms with Gasteiger partial charge in [0, 0.05) is 37.8 Å². The molecule has 0 unspecified atom stereocenters. The molecule has 0 aliphatic rings. The van der Waals surface area contributed by atoms with Crippen LogP contribution in [0, 0.1) is 0 Å². The van der Waals surface area contributed by atoms with E-state index < -0.39 is 0 Å². The normalized spacial score (nSPS) is 10.7. The molecule has 0 amide bonds. The quantitative estimate of drug-likeness (QED) is 0.590. The molecule has 0 aliphatic heterocycles. The van der Waals surface area contributed by atoms with Gasteiger partial charge in [-0.3, -0.25) is 0 Å². The molecule has 0 bridgehead atoms. The summed E-state index contributed by atoms with van der Waals surface area (Å²) in [4.78, 5) is 3.56. The molecule has 0 atom stereocenters. The molecule has 5 heteroatoms. The summed E-state index contributed by atoms with van der Waals surface area (Å²) in [6, 6.07) is 8.43. The van der Waals surface area contributed by atoms with Gasteiger partial charge in [0.05, 0.1) is 6.54 Å². The lowest BCUT2D eigenvalue weighted by Crippen LogP contribution is -2.15. The molecule has 0 saturated heterocycles. The predicted molar refractivity (Wildman–Crippen MR) is 87.8 cm³/mol. The lowest BCUT2D eigenvalue weighted by atomic mass is 10.2. The maximum atomic E-state index is 5.85. The number of alkyl halides is 1. The van der Waals surface area contributed by atoms with Crippen molar-refractivity contribution in [1.29, 1.82) is 0 Å². The average molecular weight is 410 g/mol. The van der Waals surface area contributed by atoms with Gasteiger partial charge in [0.1, 0.15) is 0 Å². The molecule has 1 aromatic heterocycles. The molecule has 0 radical (unpaired) electrons. The number of anilines is 1. The molecule has 0 spiro atoms. The molecule has 1 heterocycles. The summed E-state index contributed by atoms with van der Waals surface area (Å²) in [6.07, 6.45) is 0. The fourth-order valence-electron chi connectivity index (χ4n) is 1.64. The van der Waals surface area contributed by atoms with Crippen molar-refractivity contribution in [3.63, 3.8) is 0 Å². The Kier molecular flexibility index (Phi) is 5.13. The van der Waals surface area contributed by atoms with Crippen molar-refractivity contribution >= 4 is 60.5 Å². The monoisotopic (exact) mass is 407 g/mol. The Balaban J connectivity index is 2.13. The third kappa shape index (κ3) is 3.50. The second kappa shape index (κ2) is 6.42. The van der Waals surface area contributed by atoms with Gasteiger partial charge in [-0.2, -0.15) is 0 Å². The first-order chi connectivity index (χ1) is 8.60. The molecule has 1 aromatic carbocycles. The van der Waals surface area contributed by atoms with Gasteiger partial charge in [-0.1, -0.05) is 22.0 Å². The summed E-state index contributed by atoms with van der Waals surface area (Å²) in [5.74, 6) is 0.530. The molecule has 0 N–H and O–H groups in total. The van der Waals surface area contributed by atoms with Crippen LogP contribution in [0.2, 0.25) is 0 Å². The van der Waals surface area contributed by atoms with Crippen LogP contribution in [0.5, 0.6) is 0 Å². The van der Waals surface area contributed by atoms with Crippen LogP contribution >= 0.6 is 54.8 Å². The second-order valence-corrected chi connectivity index (χ2v) is 7.03. The topological polar surface area (TPSA) is 3.24 Å². The van der Waals surface area contributed by atoms with Crippen molar-refractivity contribution in [2.24, 2.45) is 0 Å². The van der Waals surface area contributed by atoms with Gasteiger partial charge in [0.15, 0.2) is 0 Å². The number of benzene rings is 1. The van der Waals surface area contributed by atoms with Crippen LogP contribution < -0.4 is 4.90 Å². The summed E-state index contributed by atoms with van der Waals surface area (Å²) < 4.78 is 2.21. The molecular formula is C13H12Br2ClNS. The lowest BCUT2D eigenvalue weighted by Gasteiger charge is -2.19. The fraction of sp³-hybridized carbons (Fsp3) is 0.231. The van der Waals surface area contributed by atoms with E-state index in [1.807, 2.05) is 0 Å². The van der Waals surface area contributed by atoms with E-state index in [4.69, 9.17) is 11.6 Å². The second-order valence-electron chi connectivity index (χ2n) is 4.00. The number of halogens is 3. The highest BCUT2D eigenvalue weighted by atomic mass is 79.9. The molecular weight excluding hydrogens is 397 g/mol. The zero-order valence-electron chi connectivity index (χ0n) is 9.79. The minimum absolute atomic E-state index is 0.530. The predicted octanol–water partition coefficient (Wildman–Crippen LogP) is 5.65. The van der Waals surface area contributed by atoms with E-state index >= 15 is 0 Å². The van der Waals surface area contributed by atoms with Crippen molar-refractivity contribution in [2.75, 3.05) is 11.9 Å². The maximum Gasteiger partial charge on any atom is 0.0519 e. The van der Waals surface area contributed by atoms with E-state index in [0.29, 0.717) is 5.88 Å². The minimum atomic E-state index is 0.530. The van der Waals surface area contributed by atoms with Crippen molar-refractivity contribution in [1.82, 2.24) is 0 Å². The molecule has 1 nitrogen and oxygen atoms in total. The Bertz CT molecular complexity index is 542. The van der Waals surface area contributed by atoms with E-state index in [9.17, 15) is 0 Å². The van der Waals surface area contributed by atoms with Crippen LogP contribution in [-0.2, 0) is 12.4 Å². The summed E-state index contributed by atoms with van der Waals surface area (Å²) in [5.41, 5.74) is 2.30. The third-order valence-corrected chi connectivity index (χ3v) is 5.34. The molecule has 96 valence electrons. The van der Waals surface area contributed by atoms with E-state index in [1.54, 1.807) is 11.3 Å². The largest absolute Gasteiger partial charge is 0.369 e. The first-order valence-electron chi connectivity index (χ1n) is 5.38. The van der Waals surface area contributed by atoms with Crippen LogP contribution in [0.1, 0.15) is 10.4 Å². The minimum Gasteiger partial charge on any atom is -0.369 e. The number of hydrogen-bond acceptors (Lipinski definition) is 2. The van der Waals surface area contributed by atoms with Gasteiger partial charge in [-0.25, -0.2) is 0 Å². The molecule has 0 aliphatic carbocycles. The first kappa shape index (κ1) is 14.4. The zero-order valence-corrected chi connectivity index (χ0v) is 14.5. The average Bonchev–Trinajstić information content (AvgIpc) is 2.74. The van der Waals surface area contributed by atoms with Gasteiger partial charge >= 0.3 is 0 Å². The highest BCUT2D eigenvalue weighted by Crippen LogP contribution is 2.27. The van der Waals surface area contributed by atoms with E-state index in [1.165, 1.54) is 10.6 Å². The molecule has 2 rings (SSSR count). The standard InChI is InChI=1S/C13H12Br2ClNS/c1-17(7-12-4-10(14)8-18-12)11-3-2-9(6-16)13(15)5-11/h2-5,8H,6-7H2,1H3. The maximum absolute atomic E-state index is 5.85. The fourth-order valence-corrected chi connectivity index (χ4v) is 4.05. The van der Waals surface area contributed by atoms with Crippen LogP contribution in [0.3, 0.4) is 0 Å². The van der Waals surface area contributed by atoms with Crippen LogP contribution in [-0.4, -0.2) is 7.05 Å². The Morgan fingerprint density at radius 3 is 2.61 bits per heavy atom. The summed E-state index contributed by atoms with van der Waals surface area (Å²) in [5, 5.41) is 2.11. The smallest absolute Gasteiger partial charge is 0.0519 e. The van der Waals surface area contributed by atoms with Crippen molar-refractivity contribution in [2.45, 2.75) is 12.4 Å². The molecule has 0 saturated carbocycles. The van der Waals surface area contributed by atoms with Gasteiger partial charge in [0.2, 0.25) is 0 Å². The number of rotatable bonds is 4. The first-order valence-corrected chi connectivity index (χ1v) is 8.38. The zero-order chi connectivity index (χ0) is 13.1. The Hall–Kier alpha value is -0.0300. The summed E-state index contributed by atoms with van der Waals surface area (Å²) in [7, 11) is 2.09. The van der Waals surface area contributed by atoms with E-state index in [-0.39, 0.29) is 0 Å². The van der Waals surface area contributed by atoms with Crippen molar-refractivity contribution < 1.29 is 0 Å². The third-order valence-electron chi connectivity index (χ3n) is 2.64. The van der Waals surface area contributed by atoms with Crippen LogP contribution in [0.25, 0.3) is 0 Å².